The molecule has 0 aliphatic carbocycles. The maximum atomic E-state index is 5.87. The lowest BCUT2D eigenvalue weighted by molar-refractivity contribution is 0.145. The number of ether oxygens (including phenoxy) is 2. The largest absolute Gasteiger partial charge is 0.491 e. The molecule has 8 heteroatoms. The molecule has 0 radical (unpaired) electrons. The molecule has 0 spiro atoms. The number of aromatic nitrogens is 2. The topological polar surface area (TPSA) is 72.2 Å². The summed E-state index contributed by atoms with van der Waals surface area (Å²) >= 11 is 0. The molecule has 0 bridgehead atoms. The number of nitrogens with one attached hydrogen (secondary N) is 2. The second kappa shape index (κ2) is 12.5. The van der Waals surface area contributed by atoms with Crippen molar-refractivity contribution in [1.82, 2.24) is 20.0 Å². The van der Waals surface area contributed by atoms with Crippen molar-refractivity contribution in [2.45, 2.75) is 26.8 Å². The van der Waals surface area contributed by atoms with Gasteiger partial charge in [0.05, 0.1) is 12.3 Å². The molecular formula is C23H32IN5O2. The Bertz CT molecular complexity index is 1000. The van der Waals surface area contributed by atoms with Crippen LogP contribution >= 0.6 is 24.0 Å². The highest BCUT2D eigenvalue weighted by molar-refractivity contribution is 14.0. The SMILES string of the molecule is CN=C(NCCc1cn2cccc(C)c2n1)NCc1ccc(C)cc1OCCOC.I. The predicted octanol–water partition coefficient (Wildman–Crippen LogP) is 3.50. The molecule has 7 nitrogen and oxygen atoms in total. The molecule has 2 heterocycles. The normalized spacial score (nSPS) is 11.3. The number of aryl methyl sites for hydroxylation is 2. The molecule has 0 saturated heterocycles. The number of aliphatic imine (C=N–C) groups is 1. The molecule has 2 N–H and O–H groups in total. The highest BCUT2D eigenvalue weighted by Gasteiger charge is 2.07. The van der Waals surface area contributed by atoms with Crippen LogP contribution in [-0.4, -0.2) is 49.3 Å². The van der Waals surface area contributed by atoms with Crippen LogP contribution in [0.1, 0.15) is 22.4 Å². The van der Waals surface area contributed by atoms with Crippen molar-refractivity contribution in [1.29, 1.82) is 0 Å². The lowest BCUT2D eigenvalue weighted by atomic mass is 10.1. The molecule has 31 heavy (non-hydrogen) atoms. The minimum Gasteiger partial charge on any atom is -0.491 e. The van der Waals surface area contributed by atoms with Crippen molar-refractivity contribution in [2.24, 2.45) is 4.99 Å². The van der Waals surface area contributed by atoms with Gasteiger partial charge in [0.15, 0.2) is 5.96 Å². The first-order valence-electron chi connectivity index (χ1n) is 10.2. The van der Waals surface area contributed by atoms with E-state index in [1.54, 1.807) is 14.2 Å². The quantitative estimate of drug-likeness (QED) is 0.189. The van der Waals surface area contributed by atoms with E-state index in [2.05, 4.69) is 58.3 Å². The van der Waals surface area contributed by atoms with Gasteiger partial charge >= 0.3 is 0 Å². The number of benzene rings is 1. The molecule has 0 fully saturated rings. The van der Waals surface area contributed by atoms with E-state index in [9.17, 15) is 0 Å². The molecule has 3 rings (SSSR count). The molecule has 168 valence electrons. The zero-order chi connectivity index (χ0) is 21.3. The van der Waals surface area contributed by atoms with E-state index < -0.39 is 0 Å². The van der Waals surface area contributed by atoms with Crippen molar-refractivity contribution >= 4 is 35.6 Å². The highest BCUT2D eigenvalue weighted by Crippen LogP contribution is 2.20. The summed E-state index contributed by atoms with van der Waals surface area (Å²) in [5.41, 5.74) is 5.48. The number of methoxy groups -OCH3 is 1. The molecule has 0 unspecified atom stereocenters. The van der Waals surface area contributed by atoms with Gasteiger partial charge in [-0.25, -0.2) is 4.98 Å². The number of fused-ring (bicyclic) bond motifs is 1. The van der Waals surface area contributed by atoms with Crippen LogP contribution in [0.3, 0.4) is 0 Å². The first kappa shape index (κ1) is 24.9. The van der Waals surface area contributed by atoms with Crippen LogP contribution in [0.15, 0.2) is 47.7 Å². The smallest absolute Gasteiger partial charge is 0.191 e. The Kier molecular flexibility index (Phi) is 10.1. The first-order valence-corrected chi connectivity index (χ1v) is 10.2. The Morgan fingerprint density at radius 3 is 2.74 bits per heavy atom. The predicted molar refractivity (Wildman–Crippen MR) is 136 cm³/mol. The molecule has 0 aliphatic rings. The maximum Gasteiger partial charge on any atom is 0.191 e. The number of hydrogen-bond acceptors (Lipinski definition) is 4. The molecule has 0 saturated carbocycles. The molecule has 2 aromatic heterocycles. The van der Waals surface area contributed by atoms with Crippen LogP contribution in [0.25, 0.3) is 5.65 Å². The van der Waals surface area contributed by atoms with E-state index in [0.717, 1.165) is 47.1 Å². The third kappa shape index (κ3) is 7.10. The van der Waals surface area contributed by atoms with Gasteiger partial charge in [0.2, 0.25) is 0 Å². The second-order valence-electron chi connectivity index (χ2n) is 7.21. The number of hydrogen-bond donors (Lipinski definition) is 2. The summed E-state index contributed by atoms with van der Waals surface area (Å²) < 4.78 is 13.0. The van der Waals surface area contributed by atoms with Gasteiger partial charge in [-0.15, -0.1) is 24.0 Å². The number of pyridine rings is 1. The van der Waals surface area contributed by atoms with Crippen LogP contribution in [0.4, 0.5) is 0 Å². The van der Waals surface area contributed by atoms with Gasteiger partial charge in [-0.1, -0.05) is 18.2 Å². The van der Waals surface area contributed by atoms with Gasteiger partial charge in [-0.2, -0.15) is 0 Å². The fourth-order valence-corrected chi connectivity index (χ4v) is 3.21. The maximum absolute atomic E-state index is 5.87. The number of halogens is 1. The minimum absolute atomic E-state index is 0. The monoisotopic (exact) mass is 537 g/mol. The summed E-state index contributed by atoms with van der Waals surface area (Å²) in [6, 6.07) is 10.3. The fourth-order valence-electron chi connectivity index (χ4n) is 3.21. The third-order valence-electron chi connectivity index (χ3n) is 4.84. The van der Waals surface area contributed by atoms with Crippen LogP contribution < -0.4 is 15.4 Å². The van der Waals surface area contributed by atoms with Crippen molar-refractivity contribution in [2.75, 3.05) is 33.9 Å². The zero-order valence-corrected chi connectivity index (χ0v) is 21.0. The summed E-state index contributed by atoms with van der Waals surface area (Å²) in [6.45, 7) is 6.59. The van der Waals surface area contributed by atoms with Crippen LogP contribution in [-0.2, 0) is 17.7 Å². The average Bonchev–Trinajstić information content (AvgIpc) is 3.16. The van der Waals surface area contributed by atoms with E-state index in [0.29, 0.717) is 19.8 Å². The molecule has 3 aromatic rings. The van der Waals surface area contributed by atoms with Gasteiger partial charge in [-0.3, -0.25) is 4.99 Å². The zero-order valence-electron chi connectivity index (χ0n) is 18.6. The molecule has 1 aromatic carbocycles. The number of guanidine groups is 1. The molecule has 0 atom stereocenters. The van der Waals surface area contributed by atoms with Gasteiger partial charge in [0, 0.05) is 51.6 Å². The molecule has 0 aliphatic heterocycles. The van der Waals surface area contributed by atoms with Crippen molar-refractivity contribution in [3.63, 3.8) is 0 Å². The van der Waals surface area contributed by atoms with E-state index in [-0.39, 0.29) is 24.0 Å². The summed E-state index contributed by atoms with van der Waals surface area (Å²) in [7, 11) is 3.44. The Labute approximate surface area is 201 Å². The summed E-state index contributed by atoms with van der Waals surface area (Å²) in [5.74, 6) is 1.62. The Morgan fingerprint density at radius 2 is 2.00 bits per heavy atom. The van der Waals surface area contributed by atoms with E-state index in [4.69, 9.17) is 14.5 Å². The standard InChI is InChI=1S/C23H31N5O2.HI/c1-17-7-8-19(21(14-17)30-13-12-29-4)15-26-23(24-3)25-10-9-20-16-28-11-5-6-18(2)22(28)27-20;/h5-8,11,14,16H,9-10,12-13,15H2,1-4H3,(H2,24,25,26);1H. The Balaban J connectivity index is 0.00000341. The molecular weight excluding hydrogens is 505 g/mol. The second-order valence-corrected chi connectivity index (χ2v) is 7.21. The van der Waals surface area contributed by atoms with Gasteiger partial charge in [0.25, 0.3) is 0 Å². The van der Waals surface area contributed by atoms with Crippen molar-refractivity contribution in [3.05, 3.63) is 65.1 Å². The Morgan fingerprint density at radius 1 is 1.16 bits per heavy atom. The summed E-state index contributed by atoms with van der Waals surface area (Å²) in [4.78, 5) is 9.04. The van der Waals surface area contributed by atoms with Gasteiger partial charge in [-0.05, 0) is 37.1 Å². The average molecular weight is 537 g/mol. The number of imidazole rings is 1. The lowest BCUT2D eigenvalue weighted by Gasteiger charge is -2.15. The lowest BCUT2D eigenvalue weighted by Crippen LogP contribution is -2.38. The van der Waals surface area contributed by atoms with E-state index >= 15 is 0 Å². The van der Waals surface area contributed by atoms with Crippen LogP contribution in [0, 0.1) is 13.8 Å². The van der Waals surface area contributed by atoms with E-state index in [1.807, 2.05) is 18.3 Å². The van der Waals surface area contributed by atoms with Gasteiger partial charge < -0.3 is 24.5 Å². The van der Waals surface area contributed by atoms with Crippen LogP contribution in [0.5, 0.6) is 5.75 Å². The summed E-state index contributed by atoms with van der Waals surface area (Å²) in [5, 5.41) is 6.72. The van der Waals surface area contributed by atoms with Gasteiger partial charge in [0.1, 0.15) is 18.0 Å². The summed E-state index contributed by atoms with van der Waals surface area (Å²) in [6.07, 6.45) is 4.93. The fraction of sp³-hybridized carbons (Fsp3) is 0.391. The highest BCUT2D eigenvalue weighted by atomic mass is 127. The first-order chi connectivity index (χ1) is 14.6. The van der Waals surface area contributed by atoms with Crippen LogP contribution in [0.2, 0.25) is 0 Å². The Hall–Kier alpha value is -2.33. The minimum atomic E-state index is 0. The third-order valence-corrected chi connectivity index (χ3v) is 4.84. The number of rotatable bonds is 9. The van der Waals surface area contributed by atoms with Crippen molar-refractivity contribution in [3.8, 4) is 5.75 Å². The molecule has 0 amide bonds. The van der Waals surface area contributed by atoms with Crippen molar-refractivity contribution < 1.29 is 9.47 Å². The number of nitrogens with zero attached hydrogens (tertiary/aromatic N) is 3. The van der Waals surface area contributed by atoms with E-state index in [1.165, 1.54) is 5.56 Å².